The van der Waals surface area contributed by atoms with Gasteiger partial charge in [0, 0.05) is 6.07 Å². The molecule has 0 unspecified atom stereocenters. The van der Waals surface area contributed by atoms with Crippen molar-refractivity contribution in [3.8, 4) is 17.1 Å². The molecule has 168 valence electrons. The number of aromatic amines is 1. The summed E-state index contributed by atoms with van der Waals surface area (Å²) >= 11 is 0. The second-order valence-electron chi connectivity index (χ2n) is 7.34. The Morgan fingerprint density at radius 3 is 2.53 bits per heavy atom. The van der Waals surface area contributed by atoms with Crippen molar-refractivity contribution in [2.45, 2.75) is 0 Å². The molecule has 5 aromatic rings. The fourth-order valence-corrected chi connectivity index (χ4v) is 3.46. The highest BCUT2D eigenvalue weighted by molar-refractivity contribution is 5.99. The molecule has 0 atom stereocenters. The summed E-state index contributed by atoms with van der Waals surface area (Å²) in [5.74, 6) is -0.850. The Morgan fingerprint density at radius 2 is 1.71 bits per heavy atom. The Labute approximate surface area is 192 Å². The first-order valence-electron chi connectivity index (χ1n) is 10.4. The Morgan fingerprint density at radius 1 is 0.971 bits per heavy atom. The van der Waals surface area contributed by atoms with E-state index in [2.05, 4.69) is 15.4 Å². The molecule has 5 rings (SSSR count). The van der Waals surface area contributed by atoms with Gasteiger partial charge in [0.1, 0.15) is 11.3 Å². The summed E-state index contributed by atoms with van der Waals surface area (Å²) in [6, 6.07) is 24.1. The lowest BCUT2D eigenvalue weighted by Gasteiger charge is -2.08. The van der Waals surface area contributed by atoms with Gasteiger partial charge in [-0.3, -0.25) is 14.7 Å². The molecule has 2 N–H and O–H groups in total. The third-order valence-corrected chi connectivity index (χ3v) is 5.01. The summed E-state index contributed by atoms with van der Waals surface area (Å²) in [7, 11) is 0. The molecule has 34 heavy (non-hydrogen) atoms. The first-order valence-corrected chi connectivity index (χ1v) is 10.4. The molecule has 0 fully saturated rings. The molecule has 0 saturated heterocycles. The Hall–Kier alpha value is -4.92. The van der Waals surface area contributed by atoms with Crippen LogP contribution in [0.5, 0.6) is 0 Å². The Balaban J connectivity index is 1.27. The van der Waals surface area contributed by atoms with Gasteiger partial charge >= 0.3 is 5.97 Å². The highest BCUT2D eigenvalue weighted by atomic mass is 16.5. The third-order valence-electron chi connectivity index (χ3n) is 5.01. The molecule has 2 aromatic heterocycles. The van der Waals surface area contributed by atoms with Crippen molar-refractivity contribution in [2.24, 2.45) is 0 Å². The van der Waals surface area contributed by atoms with Crippen LogP contribution in [-0.4, -0.2) is 33.2 Å². The maximum Gasteiger partial charge on any atom is 0.339 e. The normalized spacial score (nSPS) is 10.8. The Bertz CT molecular complexity index is 1520. The van der Waals surface area contributed by atoms with Crippen LogP contribution in [0, 0.1) is 0 Å². The van der Waals surface area contributed by atoms with Crippen LogP contribution >= 0.6 is 0 Å². The maximum atomic E-state index is 12.7. The van der Waals surface area contributed by atoms with Crippen molar-refractivity contribution < 1.29 is 18.7 Å². The molecule has 3 aromatic carbocycles. The van der Waals surface area contributed by atoms with Gasteiger partial charge in [0.2, 0.25) is 5.89 Å². The fraction of sp³-hybridized carbons (Fsp3) is 0.0400. The van der Waals surface area contributed by atoms with E-state index in [-0.39, 0.29) is 22.8 Å². The zero-order valence-corrected chi connectivity index (χ0v) is 17.7. The highest BCUT2D eigenvalue weighted by Gasteiger charge is 2.19. The largest absolute Gasteiger partial charge is 0.452 e. The monoisotopic (exact) mass is 454 g/mol. The van der Waals surface area contributed by atoms with E-state index in [0.717, 1.165) is 0 Å². The number of H-pyrrole nitrogens is 1. The van der Waals surface area contributed by atoms with Crippen LogP contribution in [0.4, 0.5) is 5.82 Å². The molecule has 0 bridgehead atoms. The molecule has 0 aliphatic rings. The molecule has 0 radical (unpaired) electrons. The smallest absolute Gasteiger partial charge is 0.339 e. The van der Waals surface area contributed by atoms with Crippen LogP contribution in [0.1, 0.15) is 10.4 Å². The third kappa shape index (κ3) is 4.22. The number of fused-ring (bicyclic) bond motifs is 1. The predicted molar refractivity (Wildman–Crippen MR) is 125 cm³/mol. The van der Waals surface area contributed by atoms with Crippen LogP contribution in [-0.2, 0) is 9.53 Å². The molecule has 2 heterocycles. The predicted octanol–water partition coefficient (Wildman–Crippen LogP) is 3.77. The highest BCUT2D eigenvalue weighted by Crippen LogP contribution is 2.27. The number of aromatic nitrogens is 3. The summed E-state index contributed by atoms with van der Waals surface area (Å²) in [5, 5.41) is 5.32. The van der Waals surface area contributed by atoms with Gasteiger partial charge in [-0.25, -0.2) is 14.5 Å². The number of carbonyl (C=O) groups is 2. The van der Waals surface area contributed by atoms with Crippen molar-refractivity contribution in [1.29, 1.82) is 0 Å². The molecule has 9 nitrogen and oxygen atoms in total. The van der Waals surface area contributed by atoms with E-state index in [4.69, 9.17) is 9.15 Å². The van der Waals surface area contributed by atoms with Gasteiger partial charge in [-0.15, -0.1) is 0 Å². The maximum absolute atomic E-state index is 12.7. The minimum atomic E-state index is -0.705. The molecule has 0 saturated carbocycles. The van der Waals surface area contributed by atoms with E-state index in [0.29, 0.717) is 22.4 Å². The second-order valence-corrected chi connectivity index (χ2v) is 7.34. The van der Waals surface area contributed by atoms with Gasteiger partial charge in [0.15, 0.2) is 12.2 Å². The van der Waals surface area contributed by atoms with Crippen LogP contribution in [0.2, 0.25) is 0 Å². The van der Waals surface area contributed by atoms with Crippen molar-refractivity contribution in [1.82, 2.24) is 14.8 Å². The molecule has 1 amide bonds. The Kier molecular flexibility index (Phi) is 5.49. The van der Waals surface area contributed by atoms with Gasteiger partial charge in [-0.05, 0) is 36.4 Å². The minimum Gasteiger partial charge on any atom is -0.452 e. The summed E-state index contributed by atoms with van der Waals surface area (Å²) in [6.07, 6.45) is 0. The summed E-state index contributed by atoms with van der Waals surface area (Å²) < 4.78 is 12.3. The second kappa shape index (κ2) is 8.91. The van der Waals surface area contributed by atoms with Crippen LogP contribution in [0.15, 0.2) is 94.1 Å². The quantitative estimate of drug-likeness (QED) is 0.377. The number of ether oxygens (including phenoxy) is 1. The number of esters is 1. The number of hydrogen-bond donors (Lipinski definition) is 2. The molecule has 0 aliphatic heterocycles. The van der Waals surface area contributed by atoms with Crippen molar-refractivity contribution >= 4 is 28.8 Å². The topological polar surface area (TPSA) is 119 Å². The van der Waals surface area contributed by atoms with Crippen LogP contribution < -0.4 is 10.9 Å². The number of rotatable bonds is 6. The number of amides is 1. The van der Waals surface area contributed by atoms with Gasteiger partial charge in [0.25, 0.3) is 11.5 Å². The van der Waals surface area contributed by atoms with Gasteiger partial charge in [-0.1, -0.05) is 42.5 Å². The average Bonchev–Trinajstić information content (AvgIpc) is 3.46. The number of benzene rings is 3. The summed E-state index contributed by atoms with van der Waals surface area (Å²) in [6.45, 7) is -0.542. The summed E-state index contributed by atoms with van der Waals surface area (Å²) in [5.41, 5.74) is 2.20. The van der Waals surface area contributed by atoms with Crippen LogP contribution in [0.25, 0.3) is 28.2 Å². The number of hydrogen-bond acceptors (Lipinski definition) is 6. The van der Waals surface area contributed by atoms with E-state index in [9.17, 15) is 14.4 Å². The zero-order chi connectivity index (χ0) is 23.5. The van der Waals surface area contributed by atoms with Crippen molar-refractivity contribution in [2.75, 3.05) is 11.9 Å². The number of para-hydroxylation sites is 3. The van der Waals surface area contributed by atoms with Crippen LogP contribution in [0.3, 0.4) is 0 Å². The van der Waals surface area contributed by atoms with E-state index in [1.54, 1.807) is 54.6 Å². The summed E-state index contributed by atoms with van der Waals surface area (Å²) in [4.78, 5) is 41.7. The van der Waals surface area contributed by atoms with E-state index >= 15 is 0 Å². The van der Waals surface area contributed by atoms with Gasteiger partial charge in [-0.2, -0.15) is 0 Å². The molecular weight excluding hydrogens is 436 g/mol. The SMILES string of the molecule is O=C(COC(=O)c1ccccc1-c1nc2ccccc2o1)Nc1cc(=O)n(-c2ccccc2)[nH]1. The number of nitrogens with one attached hydrogen (secondary N) is 2. The first-order chi connectivity index (χ1) is 16.6. The lowest BCUT2D eigenvalue weighted by Crippen LogP contribution is -2.21. The van der Waals surface area contributed by atoms with Gasteiger partial charge < -0.3 is 14.5 Å². The number of oxazole rings is 1. The van der Waals surface area contributed by atoms with Crippen molar-refractivity contribution in [3.05, 3.63) is 101 Å². The standard InChI is InChI=1S/C25H18N4O5/c30-22(27-21-14-23(31)29(28-21)16-8-2-1-3-9-16)15-33-25(32)18-11-5-4-10-17(18)24-26-19-12-6-7-13-20(19)34-24/h1-14,28H,15H2,(H,27,30). The number of anilines is 1. The first kappa shape index (κ1) is 21.0. The minimum absolute atomic E-state index is 0.182. The van der Waals surface area contributed by atoms with E-state index < -0.39 is 18.5 Å². The molecular formula is C25H18N4O5. The average molecular weight is 454 g/mol. The number of nitrogens with zero attached hydrogens (tertiary/aromatic N) is 2. The fourth-order valence-electron chi connectivity index (χ4n) is 3.46. The van der Waals surface area contributed by atoms with Gasteiger partial charge in [0.05, 0.1) is 16.8 Å². The van der Waals surface area contributed by atoms with E-state index in [1.807, 2.05) is 24.3 Å². The molecule has 0 aliphatic carbocycles. The lowest BCUT2D eigenvalue weighted by atomic mass is 10.1. The zero-order valence-electron chi connectivity index (χ0n) is 17.7. The van der Waals surface area contributed by atoms with Crippen molar-refractivity contribution in [3.63, 3.8) is 0 Å². The van der Waals surface area contributed by atoms with E-state index in [1.165, 1.54) is 10.7 Å². The molecule has 0 spiro atoms. The molecule has 9 heteroatoms. The number of carbonyl (C=O) groups excluding carboxylic acids is 2. The lowest BCUT2D eigenvalue weighted by molar-refractivity contribution is -0.119.